The Morgan fingerprint density at radius 3 is 2.74 bits per heavy atom. The molecule has 6 heteroatoms. The van der Waals surface area contributed by atoms with Crippen molar-refractivity contribution in [3.8, 4) is 0 Å². The van der Waals surface area contributed by atoms with E-state index < -0.39 is 0 Å². The average molecular weight is 316 g/mol. The van der Waals surface area contributed by atoms with E-state index >= 15 is 0 Å². The summed E-state index contributed by atoms with van der Waals surface area (Å²) in [5.41, 5.74) is 1.86. The number of anilines is 1. The number of hydrogen-bond acceptors (Lipinski definition) is 5. The van der Waals surface area contributed by atoms with Gasteiger partial charge < -0.3 is 14.7 Å². The molecule has 0 saturated carbocycles. The Morgan fingerprint density at radius 1 is 1.30 bits per heavy atom. The standard InChI is InChI=1S/C17H24N4O2/c1-12(2)9-15-19-16(23-20-15)11-18-14-8-6-5-7-13(14)10-17(22)21(3)4/h5-8,12,18H,9-11H2,1-4H3. The quantitative estimate of drug-likeness (QED) is 0.850. The van der Waals surface area contributed by atoms with Gasteiger partial charge in [0, 0.05) is 26.2 Å². The van der Waals surface area contributed by atoms with Gasteiger partial charge in [-0.05, 0) is 17.5 Å². The lowest BCUT2D eigenvalue weighted by Gasteiger charge is -2.13. The zero-order chi connectivity index (χ0) is 16.8. The number of aromatic nitrogens is 2. The molecule has 6 nitrogen and oxygen atoms in total. The van der Waals surface area contributed by atoms with Crippen LogP contribution < -0.4 is 5.32 Å². The van der Waals surface area contributed by atoms with Crippen molar-refractivity contribution in [1.82, 2.24) is 15.0 Å². The molecule has 0 aliphatic heterocycles. The van der Waals surface area contributed by atoms with E-state index in [2.05, 4.69) is 29.3 Å². The molecular weight excluding hydrogens is 292 g/mol. The molecule has 1 aromatic heterocycles. The highest BCUT2D eigenvalue weighted by Crippen LogP contribution is 2.17. The number of carbonyl (C=O) groups excluding carboxylic acids is 1. The number of nitrogens with one attached hydrogen (secondary N) is 1. The van der Waals surface area contributed by atoms with E-state index in [0.29, 0.717) is 24.8 Å². The fourth-order valence-corrected chi connectivity index (χ4v) is 2.15. The van der Waals surface area contributed by atoms with Gasteiger partial charge in [0.2, 0.25) is 11.8 Å². The van der Waals surface area contributed by atoms with Gasteiger partial charge in [-0.2, -0.15) is 4.98 Å². The Balaban J connectivity index is 2.00. The first-order valence-electron chi connectivity index (χ1n) is 7.79. The molecule has 0 aliphatic rings. The van der Waals surface area contributed by atoms with Crippen LogP contribution in [0.3, 0.4) is 0 Å². The first-order chi connectivity index (χ1) is 11.0. The topological polar surface area (TPSA) is 71.3 Å². The molecule has 0 aliphatic carbocycles. The van der Waals surface area contributed by atoms with Crippen LogP contribution >= 0.6 is 0 Å². The highest BCUT2D eigenvalue weighted by atomic mass is 16.5. The van der Waals surface area contributed by atoms with E-state index in [1.165, 1.54) is 0 Å². The Bertz CT molecular complexity index is 650. The maximum absolute atomic E-state index is 11.9. The summed E-state index contributed by atoms with van der Waals surface area (Å²) in [7, 11) is 3.51. The Morgan fingerprint density at radius 2 is 2.04 bits per heavy atom. The molecule has 2 rings (SSSR count). The van der Waals surface area contributed by atoms with Crippen LogP contribution in [0.1, 0.15) is 31.1 Å². The molecule has 1 heterocycles. The fraction of sp³-hybridized carbons (Fsp3) is 0.471. The second kappa shape index (κ2) is 7.76. The van der Waals surface area contributed by atoms with E-state index in [9.17, 15) is 4.79 Å². The van der Waals surface area contributed by atoms with Crippen LogP contribution in [0.25, 0.3) is 0 Å². The summed E-state index contributed by atoms with van der Waals surface area (Å²) in [6.45, 7) is 4.68. The van der Waals surface area contributed by atoms with Crippen LogP contribution in [-0.4, -0.2) is 35.0 Å². The first-order valence-corrected chi connectivity index (χ1v) is 7.79. The van der Waals surface area contributed by atoms with Crippen molar-refractivity contribution >= 4 is 11.6 Å². The Hall–Kier alpha value is -2.37. The smallest absolute Gasteiger partial charge is 0.245 e. The van der Waals surface area contributed by atoms with E-state index in [0.717, 1.165) is 23.5 Å². The molecule has 0 radical (unpaired) electrons. The molecule has 0 unspecified atom stereocenters. The molecule has 1 aromatic carbocycles. The van der Waals surface area contributed by atoms with Gasteiger partial charge in [0.25, 0.3) is 0 Å². The van der Waals surface area contributed by atoms with E-state index in [1.54, 1.807) is 19.0 Å². The molecular formula is C17H24N4O2. The predicted molar refractivity (Wildman–Crippen MR) is 89.0 cm³/mol. The van der Waals surface area contributed by atoms with Gasteiger partial charge in [0.15, 0.2) is 5.82 Å². The molecule has 0 saturated heterocycles. The third kappa shape index (κ3) is 5.09. The van der Waals surface area contributed by atoms with Crippen molar-refractivity contribution < 1.29 is 9.32 Å². The minimum Gasteiger partial charge on any atom is -0.376 e. The van der Waals surface area contributed by atoms with E-state index in [-0.39, 0.29) is 5.91 Å². The number of rotatable bonds is 7. The second-order valence-corrected chi connectivity index (χ2v) is 6.18. The van der Waals surface area contributed by atoms with Crippen LogP contribution in [-0.2, 0) is 24.2 Å². The van der Waals surface area contributed by atoms with Gasteiger partial charge in [0.05, 0.1) is 13.0 Å². The number of amides is 1. The summed E-state index contributed by atoms with van der Waals surface area (Å²) >= 11 is 0. The van der Waals surface area contributed by atoms with E-state index in [4.69, 9.17) is 4.52 Å². The maximum atomic E-state index is 11.9. The second-order valence-electron chi connectivity index (χ2n) is 6.18. The van der Waals surface area contributed by atoms with Crippen LogP contribution in [0.5, 0.6) is 0 Å². The number of nitrogens with zero attached hydrogens (tertiary/aromatic N) is 3. The normalized spacial score (nSPS) is 10.8. The SMILES string of the molecule is CC(C)Cc1noc(CNc2ccccc2CC(=O)N(C)C)n1. The molecule has 0 fully saturated rings. The molecule has 0 spiro atoms. The van der Waals surface area contributed by atoms with Gasteiger partial charge >= 0.3 is 0 Å². The summed E-state index contributed by atoms with van der Waals surface area (Å²) in [5.74, 6) is 1.84. The minimum atomic E-state index is 0.0660. The van der Waals surface area contributed by atoms with Crippen LogP contribution in [0.2, 0.25) is 0 Å². The molecule has 1 N–H and O–H groups in total. The lowest BCUT2D eigenvalue weighted by Crippen LogP contribution is -2.23. The monoisotopic (exact) mass is 316 g/mol. The summed E-state index contributed by atoms with van der Waals surface area (Å²) < 4.78 is 5.25. The molecule has 0 atom stereocenters. The molecule has 23 heavy (non-hydrogen) atoms. The lowest BCUT2D eigenvalue weighted by molar-refractivity contribution is -0.127. The van der Waals surface area contributed by atoms with Gasteiger partial charge in [-0.25, -0.2) is 0 Å². The molecule has 0 bridgehead atoms. The lowest BCUT2D eigenvalue weighted by atomic mass is 10.1. The zero-order valence-electron chi connectivity index (χ0n) is 14.2. The van der Waals surface area contributed by atoms with Crippen LogP contribution in [0.15, 0.2) is 28.8 Å². The zero-order valence-corrected chi connectivity index (χ0v) is 14.2. The average Bonchev–Trinajstić information content (AvgIpc) is 2.93. The van der Waals surface area contributed by atoms with Gasteiger partial charge in [-0.15, -0.1) is 0 Å². The van der Waals surface area contributed by atoms with Gasteiger partial charge in [-0.1, -0.05) is 37.2 Å². The van der Waals surface area contributed by atoms with Gasteiger partial charge in [-0.3, -0.25) is 4.79 Å². The van der Waals surface area contributed by atoms with Crippen LogP contribution in [0, 0.1) is 5.92 Å². The summed E-state index contributed by atoms with van der Waals surface area (Å²) in [6.07, 6.45) is 1.16. The largest absolute Gasteiger partial charge is 0.376 e. The minimum absolute atomic E-state index is 0.0660. The Kier molecular flexibility index (Phi) is 5.73. The number of hydrogen-bond donors (Lipinski definition) is 1. The van der Waals surface area contributed by atoms with Crippen molar-refractivity contribution in [3.05, 3.63) is 41.5 Å². The van der Waals surface area contributed by atoms with Gasteiger partial charge in [0.1, 0.15) is 0 Å². The van der Waals surface area contributed by atoms with Crippen LogP contribution in [0.4, 0.5) is 5.69 Å². The van der Waals surface area contributed by atoms with Crippen molar-refractivity contribution in [1.29, 1.82) is 0 Å². The summed E-state index contributed by atoms with van der Waals surface area (Å²) in [6, 6.07) is 7.76. The van der Waals surface area contributed by atoms with E-state index in [1.807, 2.05) is 24.3 Å². The summed E-state index contributed by atoms with van der Waals surface area (Å²) in [4.78, 5) is 17.9. The van der Waals surface area contributed by atoms with Crippen molar-refractivity contribution in [2.24, 2.45) is 5.92 Å². The Labute approximate surface area is 136 Å². The highest BCUT2D eigenvalue weighted by molar-refractivity contribution is 5.80. The molecule has 1 amide bonds. The third-order valence-corrected chi connectivity index (χ3v) is 3.39. The third-order valence-electron chi connectivity index (χ3n) is 3.39. The maximum Gasteiger partial charge on any atom is 0.245 e. The number of likely N-dealkylation sites (N-methyl/N-ethyl adjacent to an activating group) is 1. The molecule has 124 valence electrons. The number of carbonyl (C=O) groups is 1. The highest BCUT2D eigenvalue weighted by Gasteiger charge is 2.11. The van der Waals surface area contributed by atoms with Crippen molar-refractivity contribution in [2.75, 3.05) is 19.4 Å². The van der Waals surface area contributed by atoms with Crippen molar-refractivity contribution in [2.45, 2.75) is 33.2 Å². The number of para-hydroxylation sites is 1. The predicted octanol–water partition coefficient (Wildman–Crippen LogP) is 2.51. The number of benzene rings is 1. The van der Waals surface area contributed by atoms with Crippen molar-refractivity contribution in [3.63, 3.8) is 0 Å². The molecule has 2 aromatic rings. The summed E-state index contributed by atoms with van der Waals surface area (Å²) in [5, 5.41) is 7.25. The fourth-order valence-electron chi connectivity index (χ4n) is 2.15. The first kappa shape index (κ1) is 17.0.